The van der Waals surface area contributed by atoms with Gasteiger partial charge in [0, 0.05) is 12.3 Å². The van der Waals surface area contributed by atoms with Crippen LogP contribution in [-0.2, 0) is 20.8 Å². The molecule has 1 aliphatic carbocycles. The van der Waals surface area contributed by atoms with Crippen LogP contribution in [0.2, 0.25) is 0 Å². The van der Waals surface area contributed by atoms with Gasteiger partial charge in [0.1, 0.15) is 17.8 Å². The van der Waals surface area contributed by atoms with Crippen molar-refractivity contribution in [1.82, 2.24) is 10.6 Å². The van der Waals surface area contributed by atoms with E-state index < -0.39 is 30.1 Å². The van der Waals surface area contributed by atoms with Gasteiger partial charge in [-0.05, 0) is 37.5 Å². The summed E-state index contributed by atoms with van der Waals surface area (Å²) in [5.74, 6) is -1.68. The smallest absolute Gasteiger partial charge is 0.326 e. The Morgan fingerprint density at radius 2 is 1.81 bits per heavy atom. The first kappa shape index (κ1) is 19.7. The van der Waals surface area contributed by atoms with E-state index in [1.807, 2.05) is 0 Å². The topological polar surface area (TPSA) is 125 Å². The molecule has 2 unspecified atom stereocenters. The van der Waals surface area contributed by atoms with Crippen molar-refractivity contribution < 1.29 is 29.3 Å². The maximum absolute atomic E-state index is 12.2. The maximum atomic E-state index is 12.2. The Morgan fingerprint density at radius 1 is 1.19 bits per heavy atom. The molecule has 0 radical (unpaired) electrons. The lowest BCUT2D eigenvalue weighted by Crippen LogP contribution is -2.53. The molecule has 0 bridgehead atoms. The van der Waals surface area contributed by atoms with Gasteiger partial charge in [-0.15, -0.1) is 0 Å². The van der Waals surface area contributed by atoms with Crippen LogP contribution in [-0.4, -0.2) is 53.3 Å². The molecule has 1 aliphatic rings. The maximum Gasteiger partial charge on any atom is 0.326 e. The molecule has 8 heteroatoms. The van der Waals surface area contributed by atoms with Crippen molar-refractivity contribution in [1.29, 1.82) is 0 Å². The van der Waals surface area contributed by atoms with E-state index in [0.29, 0.717) is 18.6 Å². The van der Waals surface area contributed by atoms with Gasteiger partial charge in [0.05, 0.1) is 13.2 Å². The minimum atomic E-state index is -1.16. The molecule has 0 saturated heterocycles. The lowest BCUT2D eigenvalue weighted by atomic mass is 9.82. The zero-order valence-corrected chi connectivity index (χ0v) is 14.8. The number of ether oxygens (including phenoxy) is 1. The Balaban J connectivity index is 1.89. The SMILES string of the molecule is COc1ccc(CC(NC(=O)C(C)NC(=O)C2CC(O)C2)C(=O)O)cc1. The van der Waals surface area contributed by atoms with Crippen LogP contribution < -0.4 is 15.4 Å². The third-order valence-electron chi connectivity index (χ3n) is 4.45. The zero-order chi connectivity index (χ0) is 19.3. The fourth-order valence-electron chi connectivity index (χ4n) is 2.69. The standard InChI is InChI=1S/C18H24N2O6/c1-10(19-17(23)12-8-13(21)9-12)16(22)20-15(18(24)25)7-11-3-5-14(26-2)6-4-11/h3-6,10,12-13,15,21H,7-9H2,1-2H3,(H,19,23)(H,20,22)(H,24,25). The highest BCUT2D eigenvalue weighted by molar-refractivity contribution is 5.91. The summed E-state index contributed by atoms with van der Waals surface area (Å²) in [4.78, 5) is 35.6. The molecule has 2 atom stereocenters. The third kappa shape index (κ3) is 5.19. The number of amides is 2. The second kappa shape index (κ2) is 8.66. The van der Waals surface area contributed by atoms with Gasteiger partial charge in [0.25, 0.3) is 0 Å². The molecule has 142 valence electrons. The summed E-state index contributed by atoms with van der Waals surface area (Å²) >= 11 is 0. The third-order valence-corrected chi connectivity index (χ3v) is 4.45. The van der Waals surface area contributed by atoms with Gasteiger partial charge in [-0.2, -0.15) is 0 Å². The van der Waals surface area contributed by atoms with E-state index in [4.69, 9.17) is 4.74 Å². The number of rotatable bonds is 8. The average molecular weight is 364 g/mol. The van der Waals surface area contributed by atoms with E-state index in [-0.39, 0.29) is 18.2 Å². The van der Waals surface area contributed by atoms with Crippen LogP contribution in [0.15, 0.2) is 24.3 Å². The molecule has 1 saturated carbocycles. The van der Waals surface area contributed by atoms with Crippen LogP contribution >= 0.6 is 0 Å². The van der Waals surface area contributed by atoms with Crippen LogP contribution in [0.4, 0.5) is 0 Å². The number of carbonyl (C=O) groups excluding carboxylic acids is 2. The molecular formula is C18H24N2O6. The summed E-state index contributed by atoms with van der Waals surface area (Å²) in [7, 11) is 1.54. The van der Waals surface area contributed by atoms with E-state index in [9.17, 15) is 24.6 Å². The van der Waals surface area contributed by atoms with E-state index >= 15 is 0 Å². The van der Waals surface area contributed by atoms with Crippen molar-refractivity contribution in [3.63, 3.8) is 0 Å². The van der Waals surface area contributed by atoms with Crippen LogP contribution in [0.5, 0.6) is 5.75 Å². The van der Waals surface area contributed by atoms with Gasteiger partial charge >= 0.3 is 5.97 Å². The molecule has 0 aromatic heterocycles. The lowest BCUT2D eigenvalue weighted by Gasteiger charge is -2.31. The number of carboxylic acid groups (broad SMARTS) is 1. The summed E-state index contributed by atoms with van der Waals surface area (Å²) in [5, 5.41) is 23.6. The van der Waals surface area contributed by atoms with Gasteiger partial charge in [-0.3, -0.25) is 9.59 Å². The number of carboxylic acids is 1. The van der Waals surface area contributed by atoms with Crippen LogP contribution in [0, 0.1) is 5.92 Å². The van der Waals surface area contributed by atoms with Crippen LogP contribution in [0.1, 0.15) is 25.3 Å². The summed E-state index contributed by atoms with van der Waals surface area (Å²) in [5.41, 5.74) is 0.735. The first-order valence-corrected chi connectivity index (χ1v) is 8.44. The molecule has 1 fully saturated rings. The summed E-state index contributed by atoms with van der Waals surface area (Å²) in [6, 6.07) is 4.92. The molecule has 0 heterocycles. The number of methoxy groups -OCH3 is 1. The quantitative estimate of drug-likeness (QED) is 0.518. The molecule has 4 N–H and O–H groups in total. The molecule has 2 rings (SSSR count). The van der Waals surface area contributed by atoms with Crippen molar-refractivity contribution >= 4 is 17.8 Å². The molecule has 8 nitrogen and oxygen atoms in total. The molecule has 0 spiro atoms. The van der Waals surface area contributed by atoms with E-state index in [1.54, 1.807) is 24.3 Å². The number of nitrogens with one attached hydrogen (secondary N) is 2. The second-order valence-electron chi connectivity index (χ2n) is 6.50. The monoisotopic (exact) mass is 364 g/mol. The Labute approximate surface area is 151 Å². The zero-order valence-electron chi connectivity index (χ0n) is 14.8. The number of benzene rings is 1. The number of hydrogen-bond acceptors (Lipinski definition) is 5. The van der Waals surface area contributed by atoms with E-state index in [0.717, 1.165) is 5.56 Å². The normalized spacial score (nSPS) is 21.0. The minimum Gasteiger partial charge on any atom is -0.497 e. The number of aliphatic hydroxyl groups is 1. The van der Waals surface area contributed by atoms with Gasteiger partial charge in [0.2, 0.25) is 11.8 Å². The predicted molar refractivity (Wildman–Crippen MR) is 92.6 cm³/mol. The number of hydrogen-bond donors (Lipinski definition) is 4. The Morgan fingerprint density at radius 3 is 2.31 bits per heavy atom. The van der Waals surface area contributed by atoms with E-state index in [2.05, 4.69) is 10.6 Å². The molecular weight excluding hydrogens is 340 g/mol. The molecule has 0 aliphatic heterocycles. The first-order valence-electron chi connectivity index (χ1n) is 8.44. The van der Waals surface area contributed by atoms with Gasteiger partial charge in [-0.25, -0.2) is 4.79 Å². The van der Waals surface area contributed by atoms with Crippen LogP contribution in [0.25, 0.3) is 0 Å². The first-order chi connectivity index (χ1) is 12.3. The lowest BCUT2D eigenvalue weighted by molar-refractivity contribution is -0.142. The highest BCUT2D eigenvalue weighted by Crippen LogP contribution is 2.27. The highest BCUT2D eigenvalue weighted by atomic mass is 16.5. The minimum absolute atomic E-state index is 0.112. The van der Waals surface area contributed by atoms with Crippen molar-refractivity contribution in [2.75, 3.05) is 7.11 Å². The largest absolute Gasteiger partial charge is 0.497 e. The number of aliphatic carboxylic acids is 1. The van der Waals surface area contributed by atoms with Gasteiger partial charge in [-0.1, -0.05) is 12.1 Å². The number of carbonyl (C=O) groups is 3. The van der Waals surface area contributed by atoms with Crippen molar-refractivity contribution in [2.45, 2.75) is 44.4 Å². The van der Waals surface area contributed by atoms with Crippen LogP contribution in [0.3, 0.4) is 0 Å². The summed E-state index contributed by atoms with van der Waals surface area (Å²) in [6.45, 7) is 1.49. The number of aliphatic hydroxyl groups excluding tert-OH is 1. The Kier molecular flexibility index (Phi) is 6.57. The highest BCUT2D eigenvalue weighted by Gasteiger charge is 2.34. The average Bonchev–Trinajstić information content (AvgIpc) is 2.58. The fraction of sp³-hybridized carbons (Fsp3) is 0.500. The van der Waals surface area contributed by atoms with Crippen molar-refractivity contribution in [3.05, 3.63) is 29.8 Å². The second-order valence-corrected chi connectivity index (χ2v) is 6.50. The van der Waals surface area contributed by atoms with Gasteiger partial charge in [0.15, 0.2) is 0 Å². The fourth-order valence-corrected chi connectivity index (χ4v) is 2.69. The molecule has 2 amide bonds. The Bertz CT molecular complexity index is 654. The summed E-state index contributed by atoms with van der Waals surface area (Å²) in [6.07, 6.45) is 0.418. The van der Waals surface area contributed by atoms with Gasteiger partial charge < -0.3 is 25.6 Å². The Hall–Kier alpha value is -2.61. The molecule has 1 aromatic rings. The molecule has 1 aromatic carbocycles. The van der Waals surface area contributed by atoms with Crippen molar-refractivity contribution in [2.24, 2.45) is 5.92 Å². The predicted octanol–water partition coefficient (Wildman–Crippen LogP) is 0.0827. The van der Waals surface area contributed by atoms with Crippen molar-refractivity contribution in [3.8, 4) is 5.75 Å². The van der Waals surface area contributed by atoms with E-state index in [1.165, 1.54) is 14.0 Å². The summed E-state index contributed by atoms with van der Waals surface area (Å²) < 4.78 is 5.05. The molecule has 26 heavy (non-hydrogen) atoms.